The standard InChI is InChI=1S/C33H34ClF3N6O3/c34-29-9-7-23(18-28(29)33(35,36)37)20-38-40-32(46)27-19-26(43-11-2-1-3-12-43)8-10-30(27)39-31(45)25-6-4-5-24(17-25)21-42-14-13-41(22-42)15-16-44/h4-10,13-14,17-20,44H,1-3,11-12,15-16,21-22H2,(H,39,45)(H,40,46)/b38-20+. The number of halogens is 4. The van der Waals surface area contributed by atoms with Gasteiger partial charge >= 0.3 is 6.18 Å². The Bertz CT molecular complexity index is 1620. The third-order valence-electron chi connectivity index (χ3n) is 7.71. The highest BCUT2D eigenvalue weighted by Gasteiger charge is 2.33. The number of carbonyl (C=O) groups is 2. The van der Waals surface area contributed by atoms with Gasteiger partial charge in [-0.25, -0.2) is 5.43 Å². The maximum atomic E-state index is 13.4. The molecular weight excluding hydrogens is 621 g/mol. The lowest BCUT2D eigenvalue weighted by molar-refractivity contribution is -0.137. The Morgan fingerprint density at radius 2 is 1.74 bits per heavy atom. The van der Waals surface area contributed by atoms with Crippen molar-refractivity contribution in [3.8, 4) is 0 Å². The summed E-state index contributed by atoms with van der Waals surface area (Å²) in [6.45, 7) is 3.45. The molecular formula is C33H34ClF3N6O3. The molecule has 0 aliphatic carbocycles. The van der Waals surface area contributed by atoms with Crippen molar-refractivity contribution < 1.29 is 27.9 Å². The molecule has 5 rings (SSSR count). The number of nitrogens with one attached hydrogen (secondary N) is 2. The van der Waals surface area contributed by atoms with E-state index < -0.39 is 28.6 Å². The summed E-state index contributed by atoms with van der Waals surface area (Å²) in [6.07, 6.45) is 3.47. The van der Waals surface area contributed by atoms with E-state index in [-0.39, 0.29) is 23.4 Å². The van der Waals surface area contributed by atoms with Crippen LogP contribution in [0.4, 0.5) is 24.5 Å². The Hall–Kier alpha value is -4.55. The fourth-order valence-corrected chi connectivity index (χ4v) is 5.60. The number of aliphatic hydroxyl groups is 1. The predicted octanol–water partition coefficient (Wildman–Crippen LogP) is 5.90. The molecule has 9 nitrogen and oxygen atoms in total. The number of hydrogen-bond acceptors (Lipinski definition) is 7. The van der Waals surface area contributed by atoms with Gasteiger partial charge in [0.05, 0.1) is 41.3 Å². The van der Waals surface area contributed by atoms with E-state index in [4.69, 9.17) is 11.6 Å². The van der Waals surface area contributed by atoms with Crippen molar-refractivity contribution in [1.82, 2.24) is 15.2 Å². The predicted molar refractivity (Wildman–Crippen MR) is 172 cm³/mol. The number of nitrogens with zero attached hydrogens (tertiary/aromatic N) is 4. The summed E-state index contributed by atoms with van der Waals surface area (Å²) in [5, 5.41) is 15.5. The van der Waals surface area contributed by atoms with Crippen LogP contribution in [0, 0.1) is 0 Å². The molecule has 1 saturated heterocycles. The van der Waals surface area contributed by atoms with Gasteiger partial charge in [-0.3, -0.25) is 9.59 Å². The number of anilines is 2. The van der Waals surface area contributed by atoms with Gasteiger partial charge in [-0.2, -0.15) is 18.3 Å². The lowest BCUT2D eigenvalue weighted by atomic mass is 10.1. The largest absolute Gasteiger partial charge is 0.417 e. The molecule has 0 atom stereocenters. The molecule has 0 unspecified atom stereocenters. The summed E-state index contributed by atoms with van der Waals surface area (Å²) in [4.78, 5) is 33.0. The normalized spacial score (nSPS) is 15.1. The highest BCUT2D eigenvalue weighted by Crippen LogP contribution is 2.35. The maximum absolute atomic E-state index is 13.4. The number of β-amino-alcohol motifs (C(OH)–C–C–N with tert-alkyl or cyclic N) is 1. The van der Waals surface area contributed by atoms with Crippen molar-refractivity contribution in [2.45, 2.75) is 32.0 Å². The number of alkyl halides is 3. The number of carbonyl (C=O) groups excluding carboxylic acids is 2. The molecule has 13 heteroatoms. The van der Waals surface area contributed by atoms with Crippen LogP contribution in [0.3, 0.4) is 0 Å². The zero-order valence-corrected chi connectivity index (χ0v) is 25.7. The molecule has 46 heavy (non-hydrogen) atoms. The van der Waals surface area contributed by atoms with Gasteiger partial charge < -0.3 is 25.1 Å². The van der Waals surface area contributed by atoms with E-state index >= 15 is 0 Å². The van der Waals surface area contributed by atoms with Crippen molar-refractivity contribution in [3.05, 3.63) is 106 Å². The van der Waals surface area contributed by atoms with E-state index in [1.54, 1.807) is 30.3 Å². The highest BCUT2D eigenvalue weighted by molar-refractivity contribution is 6.31. The van der Waals surface area contributed by atoms with E-state index in [1.807, 2.05) is 29.4 Å². The summed E-state index contributed by atoms with van der Waals surface area (Å²) < 4.78 is 39.8. The number of hydrogen-bond donors (Lipinski definition) is 3. The van der Waals surface area contributed by atoms with Gasteiger partial charge in [0.2, 0.25) is 0 Å². The van der Waals surface area contributed by atoms with Gasteiger partial charge in [0.15, 0.2) is 0 Å². The van der Waals surface area contributed by atoms with E-state index in [0.717, 1.165) is 62.0 Å². The molecule has 242 valence electrons. The van der Waals surface area contributed by atoms with Crippen LogP contribution < -0.4 is 15.6 Å². The van der Waals surface area contributed by atoms with Crippen molar-refractivity contribution in [3.63, 3.8) is 0 Å². The molecule has 3 aromatic rings. The Morgan fingerprint density at radius 1 is 0.957 bits per heavy atom. The van der Waals surface area contributed by atoms with Gasteiger partial charge in [-0.05, 0) is 72.9 Å². The molecule has 3 aromatic carbocycles. The minimum atomic E-state index is -4.64. The van der Waals surface area contributed by atoms with E-state index in [9.17, 15) is 27.9 Å². The first-order valence-corrected chi connectivity index (χ1v) is 15.3. The van der Waals surface area contributed by atoms with Crippen molar-refractivity contribution in [2.24, 2.45) is 5.10 Å². The minimum absolute atomic E-state index is 0.0599. The fraction of sp³-hybridized carbons (Fsp3) is 0.303. The number of aliphatic hydroxyl groups excluding tert-OH is 1. The number of amides is 2. The second-order valence-electron chi connectivity index (χ2n) is 11.1. The van der Waals surface area contributed by atoms with Crippen LogP contribution in [0.5, 0.6) is 0 Å². The van der Waals surface area contributed by atoms with Gasteiger partial charge in [0, 0.05) is 49.8 Å². The molecule has 2 aliphatic rings. The molecule has 3 N–H and O–H groups in total. The average Bonchev–Trinajstić information content (AvgIpc) is 3.48. The third-order valence-corrected chi connectivity index (χ3v) is 8.04. The number of rotatable bonds is 10. The second kappa shape index (κ2) is 14.7. The Kier molecular flexibility index (Phi) is 10.5. The quantitative estimate of drug-likeness (QED) is 0.186. The zero-order chi connectivity index (χ0) is 32.7. The third kappa shape index (κ3) is 8.38. The van der Waals surface area contributed by atoms with Crippen LogP contribution >= 0.6 is 11.6 Å². The molecule has 2 amide bonds. The Balaban J connectivity index is 1.33. The summed E-state index contributed by atoms with van der Waals surface area (Å²) in [5.41, 5.74) is 4.01. The summed E-state index contributed by atoms with van der Waals surface area (Å²) in [6, 6.07) is 15.7. The lowest BCUT2D eigenvalue weighted by Crippen LogP contribution is -2.30. The van der Waals surface area contributed by atoms with E-state index in [2.05, 4.69) is 25.6 Å². The summed E-state index contributed by atoms with van der Waals surface area (Å²) in [5.74, 6) is -1.05. The van der Waals surface area contributed by atoms with Crippen LogP contribution in [0.15, 0.2) is 78.2 Å². The molecule has 0 bridgehead atoms. The van der Waals surface area contributed by atoms with Crippen LogP contribution in [0.25, 0.3) is 0 Å². The molecule has 0 saturated carbocycles. The maximum Gasteiger partial charge on any atom is 0.417 e. The zero-order valence-electron chi connectivity index (χ0n) is 24.9. The number of benzene rings is 3. The first kappa shape index (κ1) is 32.8. The first-order valence-electron chi connectivity index (χ1n) is 14.9. The molecule has 1 fully saturated rings. The van der Waals surface area contributed by atoms with Gasteiger partial charge in [-0.1, -0.05) is 29.8 Å². The highest BCUT2D eigenvalue weighted by atomic mass is 35.5. The number of piperidine rings is 1. The van der Waals surface area contributed by atoms with Gasteiger partial charge in [0.25, 0.3) is 11.8 Å². The monoisotopic (exact) mass is 654 g/mol. The van der Waals surface area contributed by atoms with Crippen molar-refractivity contribution in [1.29, 1.82) is 0 Å². The SMILES string of the molecule is O=C(Nc1ccc(N2CCCCC2)cc1C(=O)N/N=C/c1ccc(Cl)c(C(F)(F)F)c1)c1cccc(CN2C=CN(CCO)C2)c1. The molecule has 0 aromatic heterocycles. The van der Waals surface area contributed by atoms with Crippen LogP contribution in [-0.2, 0) is 12.7 Å². The van der Waals surface area contributed by atoms with E-state index in [1.165, 1.54) is 6.07 Å². The van der Waals surface area contributed by atoms with E-state index in [0.29, 0.717) is 25.3 Å². The lowest BCUT2D eigenvalue weighted by Gasteiger charge is -2.29. The van der Waals surface area contributed by atoms with Gasteiger partial charge in [0.1, 0.15) is 0 Å². The molecule has 2 heterocycles. The summed E-state index contributed by atoms with van der Waals surface area (Å²) in [7, 11) is 0. The fourth-order valence-electron chi connectivity index (χ4n) is 5.38. The van der Waals surface area contributed by atoms with Crippen molar-refractivity contribution in [2.75, 3.05) is 43.1 Å². The Labute approximate surface area is 269 Å². The molecule has 0 spiro atoms. The second-order valence-corrected chi connectivity index (χ2v) is 11.5. The van der Waals surface area contributed by atoms with Crippen molar-refractivity contribution >= 4 is 41.0 Å². The molecule has 2 aliphatic heterocycles. The number of hydrazone groups is 1. The minimum Gasteiger partial charge on any atom is -0.395 e. The summed E-state index contributed by atoms with van der Waals surface area (Å²) >= 11 is 5.70. The average molecular weight is 655 g/mol. The van der Waals surface area contributed by atoms with Crippen LogP contribution in [0.2, 0.25) is 5.02 Å². The van der Waals surface area contributed by atoms with Crippen LogP contribution in [0.1, 0.15) is 56.7 Å². The van der Waals surface area contributed by atoms with Gasteiger partial charge in [-0.15, -0.1) is 0 Å². The van der Waals surface area contributed by atoms with Crippen LogP contribution in [-0.4, -0.2) is 65.8 Å². The molecule has 0 radical (unpaired) electrons. The Morgan fingerprint density at radius 3 is 2.50 bits per heavy atom. The smallest absolute Gasteiger partial charge is 0.395 e. The topological polar surface area (TPSA) is 101 Å². The first-order chi connectivity index (χ1) is 22.1.